The summed E-state index contributed by atoms with van der Waals surface area (Å²) in [6.07, 6.45) is 0. The third-order valence-electron chi connectivity index (χ3n) is 0.942. The quantitative estimate of drug-likeness (QED) is 0.542. The van der Waals surface area contributed by atoms with Gasteiger partial charge in [0.2, 0.25) is 0 Å². The fraction of sp³-hybridized carbons (Fsp3) is 0.571. The predicted molar refractivity (Wildman–Crippen MR) is 36.9 cm³/mol. The lowest BCUT2D eigenvalue weighted by atomic mass is 10.3. The summed E-state index contributed by atoms with van der Waals surface area (Å²) in [5.74, 6) is 0. The Bertz CT molecular complexity index is 99.0. The first-order valence-electron chi connectivity index (χ1n) is 2.87. The molecule has 46 valence electrons. The molecule has 0 aromatic heterocycles. The molecule has 1 nitrogen and oxygen atoms in total. The van der Waals surface area contributed by atoms with Crippen molar-refractivity contribution in [1.82, 2.24) is 5.32 Å². The van der Waals surface area contributed by atoms with Crippen LogP contribution in [0.2, 0.25) is 0 Å². The van der Waals surface area contributed by atoms with Crippen LogP contribution in [0.1, 0.15) is 13.8 Å². The highest BCUT2D eigenvalue weighted by Gasteiger charge is 1.81. The average molecular weight is 111 g/mol. The zero-order valence-electron chi connectivity index (χ0n) is 5.62. The van der Waals surface area contributed by atoms with Gasteiger partial charge in [-0.15, -0.1) is 5.73 Å². The Balaban J connectivity index is 3.26. The molecule has 0 aromatic rings. The van der Waals surface area contributed by atoms with E-state index in [4.69, 9.17) is 0 Å². The van der Waals surface area contributed by atoms with Crippen molar-refractivity contribution in [3.8, 4) is 0 Å². The summed E-state index contributed by atoms with van der Waals surface area (Å²) in [7, 11) is 0. The van der Waals surface area contributed by atoms with Gasteiger partial charge in [0.25, 0.3) is 0 Å². The molecule has 1 heteroatoms. The Hall–Kier alpha value is -0.520. The first-order valence-corrected chi connectivity index (χ1v) is 2.87. The highest BCUT2D eigenvalue weighted by atomic mass is 14.8. The van der Waals surface area contributed by atoms with E-state index in [0.717, 1.165) is 13.1 Å². The largest absolute Gasteiger partial charge is 0.313 e. The fourth-order valence-corrected chi connectivity index (χ4v) is 0.375. The molecule has 0 amide bonds. The third-order valence-corrected chi connectivity index (χ3v) is 0.942. The molecule has 0 aromatic carbocycles. The molecule has 0 aliphatic heterocycles. The number of likely N-dealkylation sites (N-methyl/N-ethyl adjacent to an activating group) is 1. The van der Waals surface area contributed by atoms with Crippen LogP contribution < -0.4 is 5.32 Å². The summed E-state index contributed by atoms with van der Waals surface area (Å²) in [6, 6.07) is 0. The minimum absolute atomic E-state index is 0.917. The first kappa shape index (κ1) is 7.48. The van der Waals surface area contributed by atoms with Crippen LogP contribution in [-0.2, 0) is 0 Å². The van der Waals surface area contributed by atoms with E-state index in [-0.39, 0.29) is 0 Å². The molecule has 0 bridgehead atoms. The van der Waals surface area contributed by atoms with E-state index in [9.17, 15) is 0 Å². The van der Waals surface area contributed by atoms with Crippen molar-refractivity contribution in [2.75, 3.05) is 13.1 Å². The summed E-state index contributed by atoms with van der Waals surface area (Å²) >= 11 is 0. The molecule has 0 saturated carbocycles. The predicted octanol–water partition coefficient (Wildman–Crippen LogP) is 1.33. The number of hydrogen-bond donors (Lipinski definition) is 1. The maximum atomic E-state index is 3.51. The molecule has 0 aliphatic rings. The Morgan fingerprint density at radius 1 is 1.75 bits per heavy atom. The smallest absolute Gasteiger partial charge is 0.0237 e. The second kappa shape index (κ2) is 4.63. The minimum Gasteiger partial charge on any atom is -0.313 e. The first-order chi connectivity index (χ1) is 3.81. The van der Waals surface area contributed by atoms with Crippen molar-refractivity contribution < 1.29 is 0 Å². The van der Waals surface area contributed by atoms with Crippen molar-refractivity contribution >= 4 is 0 Å². The maximum absolute atomic E-state index is 3.51. The maximum Gasteiger partial charge on any atom is 0.0237 e. The van der Waals surface area contributed by atoms with Gasteiger partial charge >= 0.3 is 0 Å². The summed E-state index contributed by atoms with van der Waals surface area (Å²) in [5, 5.41) is 3.16. The monoisotopic (exact) mass is 111 g/mol. The van der Waals surface area contributed by atoms with Crippen LogP contribution in [0.15, 0.2) is 17.9 Å². The normalized spacial score (nSPS) is 8.25. The minimum atomic E-state index is 0.917. The van der Waals surface area contributed by atoms with Gasteiger partial charge in [0.15, 0.2) is 0 Å². The van der Waals surface area contributed by atoms with Crippen LogP contribution in [0.4, 0.5) is 0 Å². The van der Waals surface area contributed by atoms with E-state index in [0.29, 0.717) is 0 Å². The van der Waals surface area contributed by atoms with Gasteiger partial charge in [-0.1, -0.05) is 13.5 Å². The van der Waals surface area contributed by atoms with Crippen LogP contribution in [0.25, 0.3) is 0 Å². The summed E-state index contributed by atoms with van der Waals surface area (Å²) in [6.45, 7) is 9.53. The second-order valence-electron chi connectivity index (χ2n) is 1.74. The van der Waals surface area contributed by atoms with Crippen molar-refractivity contribution in [2.45, 2.75) is 13.8 Å². The second-order valence-corrected chi connectivity index (χ2v) is 1.74. The molecule has 0 radical (unpaired) electrons. The highest BCUT2D eigenvalue weighted by Crippen LogP contribution is 1.81. The molecule has 0 spiro atoms. The van der Waals surface area contributed by atoms with Gasteiger partial charge in [-0.05, 0) is 19.0 Å². The van der Waals surface area contributed by atoms with E-state index in [1.54, 1.807) is 0 Å². The van der Waals surface area contributed by atoms with Crippen LogP contribution in [-0.4, -0.2) is 13.1 Å². The van der Waals surface area contributed by atoms with Gasteiger partial charge in [-0.2, -0.15) is 0 Å². The SMILES string of the molecule is C=C=C(C)CNCC. The standard InChI is InChI=1S/C7H13N/c1-4-7(3)6-8-5-2/h8H,1,5-6H2,2-3H3. The zero-order chi connectivity index (χ0) is 6.41. The molecular weight excluding hydrogens is 98.1 g/mol. The van der Waals surface area contributed by atoms with Crippen LogP contribution in [0.5, 0.6) is 0 Å². The molecule has 0 saturated heterocycles. The Morgan fingerprint density at radius 2 is 2.38 bits per heavy atom. The molecule has 0 aliphatic carbocycles. The van der Waals surface area contributed by atoms with E-state index in [1.165, 1.54) is 5.57 Å². The molecule has 1 N–H and O–H groups in total. The molecule has 0 heterocycles. The van der Waals surface area contributed by atoms with Gasteiger partial charge in [-0.25, -0.2) is 0 Å². The number of rotatable bonds is 3. The summed E-state index contributed by atoms with van der Waals surface area (Å²) in [4.78, 5) is 0. The highest BCUT2D eigenvalue weighted by molar-refractivity contribution is 4.95. The average Bonchev–Trinajstić information content (AvgIpc) is 1.83. The Labute approximate surface area is 51.1 Å². The van der Waals surface area contributed by atoms with E-state index in [2.05, 4.69) is 24.6 Å². The lowest BCUT2D eigenvalue weighted by molar-refractivity contribution is 0.777. The molecule has 0 fully saturated rings. The van der Waals surface area contributed by atoms with E-state index >= 15 is 0 Å². The molecule has 0 unspecified atom stereocenters. The Morgan fingerprint density at radius 3 is 2.75 bits per heavy atom. The summed E-state index contributed by atoms with van der Waals surface area (Å²) in [5.41, 5.74) is 3.98. The topological polar surface area (TPSA) is 12.0 Å². The molecule has 0 rings (SSSR count). The van der Waals surface area contributed by atoms with Gasteiger partial charge in [-0.3, -0.25) is 0 Å². The van der Waals surface area contributed by atoms with Crippen molar-refractivity contribution in [1.29, 1.82) is 0 Å². The van der Waals surface area contributed by atoms with Crippen molar-refractivity contribution in [3.63, 3.8) is 0 Å². The number of hydrogen-bond acceptors (Lipinski definition) is 1. The summed E-state index contributed by atoms with van der Waals surface area (Å²) < 4.78 is 0. The molecule has 8 heavy (non-hydrogen) atoms. The molecular formula is C7H13N. The fourth-order valence-electron chi connectivity index (χ4n) is 0.375. The van der Waals surface area contributed by atoms with E-state index < -0.39 is 0 Å². The van der Waals surface area contributed by atoms with Crippen LogP contribution >= 0.6 is 0 Å². The molecule has 0 atom stereocenters. The number of nitrogens with one attached hydrogen (secondary N) is 1. The van der Waals surface area contributed by atoms with Crippen LogP contribution in [0.3, 0.4) is 0 Å². The van der Waals surface area contributed by atoms with Gasteiger partial charge < -0.3 is 5.32 Å². The van der Waals surface area contributed by atoms with E-state index in [1.807, 2.05) is 6.92 Å². The van der Waals surface area contributed by atoms with Crippen molar-refractivity contribution in [3.05, 3.63) is 17.9 Å². The van der Waals surface area contributed by atoms with Crippen molar-refractivity contribution in [2.24, 2.45) is 0 Å². The zero-order valence-corrected chi connectivity index (χ0v) is 5.62. The third kappa shape index (κ3) is 3.66. The van der Waals surface area contributed by atoms with Gasteiger partial charge in [0, 0.05) is 6.54 Å². The lowest BCUT2D eigenvalue weighted by Gasteiger charge is -1.95. The van der Waals surface area contributed by atoms with Crippen LogP contribution in [0, 0.1) is 0 Å². The Kier molecular flexibility index (Phi) is 4.33. The lowest BCUT2D eigenvalue weighted by Crippen LogP contribution is -2.14. The van der Waals surface area contributed by atoms with Gasteiger partial charge in [0.1, 0.15) is 0 Å². The van der Waals surface area contributed by atoms with Gasteiger partial charge in [0.05, 0.1) is 0 Å².